The van der Waals surface area contributed by atoms with Gasteiger partial charge in [0.15, 0.2) is 11.6 Å². The summed E-state index contributed by atoms with van der Waals surface area (Å²) in [4.78, 5) is 54.4. The van der Waals surface area contributed by atoms with E-state index in [0.29, 0.717) is 51.4 Å². The average molecular weight is 811 g/mol. The number of ketones is 2. The molecule has 2 fully saturated rings. The van der Waals surface area contributed by atoms with E-state index in [1.807, 2.05) is 38.1 Å². The molecule has 312 valence electrons. The van der Waals surface area contributed by atoms with E-state index in [1.54, 1.807) is 0 Å². The van der Waals surface area contributed by atoms with Gasteiger partial charge in [-0.3, -0.25) is 9.59 Å². The van der Waals surface area contributed by atoms with E-state index in [-0.39, 0.29) is 24.8 Å². The summed E-state index contributed by atoms with van der Waals surface area (Å²) in [6.07, 6.45) is 27.4. The van der Waals surface area contributed by atoms with Gasteiger partial charge >= 0.3 is 11.9 Å². The fraction of sp³-hybridized carbons (Fsp3) is 0.696. The molecule has 0 spiro atoms. The van der Waals surface area contributed by atoms with E-state index < -0.39 is 23.0 Å². The number of carbonyl (C=O) groups is 4. The maximum atomic E-state index is 12.8. The minimum absolute atomic E-state index is 0.0120. The van der Waals surface area contributed by atoms with Gasteiger partial charge in [-0.05, 0) is 87.5 Å². The summed E-state index contributed by atoms with van der Waals surface area (Å²) in [5.74, 6) is 0.816. The van der Waals surface area contributed by atoms with Gasteiger partial charge in [-0.1, -0.05) is 104 Å². The zero-order valence-corrected chi connectivity index (χ0v) is 36.1. The quantitative estimate of drug-likeness (QED) is 0.0414. The van der Waals surface area contributed by atoms with Crippen molar-refractivity contribution in [2.75, 3.05) is 13.2 Å². The smallest absolute Gasteiger partial charge is 0.331 e. The first-order valence-corrected chi connectivity index (χ1v) is 23.5. The highest BCUT2D eigenvalue weighted by Crippen LogP contribution is 2.30. The molecule has 2 atom stereocenters. The van der Waals surface area contributed by atoms with Crippen molar-refractivity contribution in [3.05, 3.63) is 55.9 Å². The molecule has 0 aromatic carbocycles. The van der Waals surface area contributed by atoms with E-state index >= 15 is 0 Å². The van der Waals surface area contributed by atoms with E-state index in [0.717, 1.165) is 69.2 Å². The Balaban J connectivity index is 1.10. The summed E-state index contributed by atoms with van der Waals surface area (Å²) in [6.45, 7) is 3.94. The Morgan fingerprint density at radius 1 is 0.625 bits per heavy atom. The van der Waals surface area contributed by atoms with Gasteiger partial charge in [-0.25, -0.2) is 9.59 Å². The van der Waals surface area contributed by atoms with Crippen molar-refractivity contribution >= 4 is 46.2 Å². The molecule has 2 heterocycles. The molecule has 0 bridgehead atoms. The van der Waals surface area contributed by atoms with Crippen molar-refractivity contribution in [2.24, 2.45) is 23.3 Å². The third-order valence-electron chi connectivity index (χ3n) is 12.4. The summed E-state index contributed by atoms with van der Waals surface area (Å²) in [5.41, 5.74) is 11.8. The van der Waals surface area contributed by atoms with Crippen molar-refractivity contribution in [1.29, 1.82) is 0 Å². The average Bonchev–Trinajstić information content (AvgIpc) is 3.92. The Kier molecular flexibility index (Phi) is 20.0. The van der Waals surface area contributed by atoms with Crippen LogP contribution in [0.15, 0.2) is 36.4 Å². The molecule has 2 aromatic rings. The third kappa shape index (κ3) is 16.7. The van der Waals surface area contributed by atoms with Gasteiger partial charge in [0.2, 0.25) is 0 Å². The first-order valence-electron chi connectivity index (χ1n) is 21.8. The summed E-state index contributed by atoms with van der Waals surface area (Å²) >= 11 is 3.07. The highest BCUT2D eigenvalue weighted by Gasteiger charge is 2.27. The molecule has 2 saturated carbocycles. The number of Topliss-reactive ketones (excluding diaryl/α,β-unsaturated/α-hetero) is 2. The molecule has 10 heteroatoms. The second-order valence-corrected chi connectivity index (χ2v) is 19.2. The number of hydrogen-bond acceptors (Lipinski definition) is 10. The molecular weight excluding hydrogens is 741 g/mol. The normalized spacial score (nSPS) is 17.7. The van der Waals surface area contributed by atoms with Crippen LogP contribution in [0.25, 0.3) is 0 Å². The van der Waals surface area contributed by atoms with Gasteiger partial charge in [-0.2, -0.15) is 0 Å². The van der Waals surface area contributed by atoms with E-state index in [9.17, 15) is 19.2 Å². The highest BCUT2D eigenvalue weighted by atomic mass is 32.1. The Morgan fingerprint density at radius 2 is 1.02 bits per heavy atom. The lowest BCUT2D eigenvalue weighted by atomic mass is 9.85. The number of unbranched alkanes of at least 4 members (excludes halogenated alkanes) is 2. The van der Waals surface area contributed by atoms with Crippen LogP contribution < -0.4 is 11.5 Å². The molecule has 0 radical (unpaired) electrons. The fourth-order valence-corrected chi connectivity index (χ4v) is 10.0. The number of nitrogens with two attached hydrogens (primary N) is 2. The van der Waals surface area contributed by atoms with Crippen molar-refractivity contribution in [3.8, 4) is 0 Å². The molecule has 4 rings (SSSR count). The van der Waals surface area contributed by atoms with Crippen LogP contribution in [0.4, 0.5) is 0 Å². The zero-order chi connectivity index (χ0) is 40.2. The Labute approximate surface area is 344 Å². The van der Waals surface area contributed by atoms with Gasteiger partial charge in [0.25, 0.3) is 0 Å². The van der Waals surface area contributed by atoms with E-state index in [2.05, 4.69) is 0 Å². The number of esters is 2. The van der Waals surface area contributed by atoms with Gasteiger partial charge in [0.1, 0.15) is 13.2 Å². The van der Waals surface area contributed by atoms with Crippen molar-refractivity contribution in [3.63, 3.8) is 0 Å². The molecule has 4 N–H and O–H groups in total. The van der Waals surface area contributed by atoms with Gasteiger partial charge in [0, 0.05) is 34.7 Å². The van der Waals surface area contributed by atoms with Crippen LogP contribution in [0.3, 0.4) is 0 Å². The van der Waals surface area contributed by atoms with Crippen LogP contribution in [-0.2, 0) is 31.9 Å². The van der Waals surface area contributed by atoms with Gasteiger partial charge < -0.3 is 20.9 Å². The molecule has 2 aliphatic carbocycles. The molecule has 0 aliphatic heterocycles. The Morgan fingerprint density at radius 3 is 1.39 bits per heavy atom. The van der Waals surface area contributed by atoms with Crippen LogP contribution in [-0.4, -0.2) is 47.8 Å². The number of hydrogen-bond donors (Lipinski definition) is 2. The summed E-state index contributed by atoms with van der Waals surface area (Å²) in [7, 11) is 0. The topological polar surface area (TPSA) is 139 Å². The predicted molar refractivity (Wildman–Crippen MR) is 230 cm³/mol. The van der Waals surface area contributed by atoms with Crippen LogP contribution in [0.1, 0.15) is 184 Å². The van der Waals surface area contributed by atoms with Crippen LogP contribution in [0.2, 0.25) is 0 Å². The monoisotopic (exact) mass is 810 g/mol. The first kappa shape index (κ1) is 46.0. The molecular formula is C46H70N2O6S2. The van der Waals surface area contributed by atoms with E-state index in [1.165, 1.54) is 99.7 Å². The van der Waals surface area contributed by atoms with Crippen molar-refractivity contribution in [1.82, 2.24) is 0 Å². The standard InChI is InChI=1S/C46H70N2O6S2/c1-3-45(47,31-29-37-23-25-41(55-37)39(49)21-13-11-19-35-15-7-5-8-16-35)33-53-43(51)27-28-44(52)54-34-46(48,4-2)32-30-38-24-26-42(56-38)40(50)22-14-12-20-36-17-9-6-10-18-36/h23-28,35-36H,3-22,29-34,47-48H2,1-2H3/b28-27-. The molecule has 0 saturated heterocycles. The van der Waals surface area contributed by atoms with Crippen LogP contribution in [0.5, 0.6) is 0 Å². The Hall–Kier alpha value is -2.66. The Bertz CT molecular complexity index is 1420. The second kappa shape index (κ2) is 24.3. The lowest BCUT2D eigenvalue weighted by Gasteiger charge is -2.27. The molecule has 2 aromatic heterocycles. The lowest BCUT2D eigenvalue weighted by Crippen LogP contribution is -2.45. The number of rotatable bonds is 26. The third-order valence-corrected chi connectivity index (χ3v) is 14.7. The number of thiophene rings is 2. The van der Waals surface area contributed by atoms with E-state index in [4.69, 9.17) is 20.9 Å². The van der Waals surface area contributed by atoms with Crippen LogP contribution >= 0.6 is 22.7 Å². The van der Waals surface area contributed by atoms with Crippen LogP contribution in [0, 0.1) is 11.8 Å². The summed E-state index contributed by atoms with van der Waals surface area (Å²) in [5, 5.41) is 0. The lowest BCUT2D eigenvalue weighted by molar-refractivity contribution is -0.142. The molecule has 2 aliphatic rings. The predicted octanol–water partition coefficient (Wildman–Crippen LogP) is 10.9. The van der Waals surface area contributed by atoms with Crippen molar-refractivity contribution in [2.45, 2.75) is 179 Å². The zero-order valence-electron chi connectivity index (χ0n) is 34.4. The molecule has 0 amide bonds. The maximum Gasteiger partial charge on any atom is 0.331 e. The maximum absolute atomic E-state index is 12.8. The summed E-state index contributed by atoms with van der Waals surface area (Å²) in [6, 6.07) is 7.86. The summed E-state index contributed by atoms with van der Waals surface area (Å²) < 4.78 is 10.9. The minimum atomic E-state index is -0.734. The number of aryl methyl sites for hydroxylation is 2. The molecule has 8 nitrogen and oxygen atoms in total. The number of carbonyl (C=O) groups excluding carboxylic acids is 4. The largest absolute Gasteiger partial charge is 0.461 e. The SMILES string of the molecule is CCC(N)(CCc1ccc(C(=O)CCCCC2CCCCC2)s1)COC(=O)/C=C\C(=O)OCC(N)(CC)CCc1ccc(C(=O)CCCCC2CCCCC2)s1. The molecule has 2 unspecified atom stereocenters. The highest BCUT2D eigenvalue weighted by molar-refractivity contribution is 7.14. The van der Waals surface area contributed by atoms with Crippen molar-refractivity contribution < 1.29 is 28.7 Å². The second-order valence-electron chi connectivity index (χ2n) is 16.9. The molecule has 56 heavy (non-hydrogen) atoms. The first-order chi connectivity index (χ1) is 27.0. The van der Waals surface area contributed by atoms with Gasteiger partial charge in [0.05, 0.1) is 20.8 Å². The minimum Gasteiger partial charge on any atom is -0.461 e. The number of ether oxygens (including phenoxy) is 2. The fourth-order valence-electron chi connectivity index (χ4n) is 8.07. The van der Waals surface area contributed by atoms with Gasteiger partial charge in [-0.15, -0.1) is 22.7 Å².